The van der Waals surface area contributed by atoms with E-state index < -0.39 is 11.2 Å². The Bertz CT molecular complexity index is 1210. The number of benzene rings is 1. The predicted octanol–water partition coefficient (Wildman–Crippen LogP) is 1.18. The highest BCUT2D eigenvalue weighted by atomic mass is 16.5. The van der Waals surface area contributed by atoms with Crippen LogP contribution >= 0.6 is 0 Å². The summed E-state index contributed by atoms with van der Waals surface area (Å²) in [5, 5.41) is 0.195. The molecule has 2 aromatic heterocycles. The second-order valence-electron chi connectivity index (χ2n) is 7.33. The fourth-order valence-electron chi connectivity index (χ4n) is 3.68. The number of rotatable bonds is 4. The number of nitrogens with zero attached hydrogens (tertiary/aromatic N) is 5. The van der Waals surface area contributed by atoms with Gasteiger partial charge in [0.2, 0.25) is 5.91 Å². The fraction of sp³-hybridized carbons (Fsp3) is 0.381. The molecule has 0 spiro atoms. The number of piperidine rings is 1. The highest BCUT2D eigenvalue weighted by molar-refractivity contribution is 5.78. The molecule has 0 radical (unpaired) electrons. The highest BCUT2D eigenvalue weighted by Gasteiger charge is 2.20. The van der Waals surface area contributed by atoms with Gasteiger partial charge in [-0.25, -0.2) is 14.8 Å². The SMILES string of the molecule is COc1ccc(-c2ncc3c(=O)n(CC(=O)N4CCCCC4)c(=O)n(C)c3n2)cc1. The van der Waals surface area contributed by atoms with Gasteiger partial charge in [-0.3, -0.25) is 18.7 Å². The number of ether oxygens (including phenoxy) is 1. The molecular weight excluding hydrogens is 386 g/mol. The first-order valence-corrected chi connectivity index (χ1v) is 9.88. The zero-order chi connectivity index (χ0) is 21.3. The molecule has 1 aliphatic rings. The number of hydrogen-bond acceptors (Lipinski definition) is 6. The molecule has 0 unspecified atom stereocenters. The fourth-order valence-corrected chi connectivity index (χ4v) is 3.68. The van der Waals surface area contributed by atoms with Crippen LogP contribution in [0.1, 0.15) is 19.3 Å². The monoisotopic (exact) mass is 409 g/mol. The van der Waals surface area contributed by atoms with E-state index in [2.05, 4.69) is 9.97 Å². The molecule has 0 saturated carbocycles. The van der Waals surface area contributed by atoms with Gasteiger partial charge in [0, 0.05) is 31.9 Å². The van der Waals surface area contributed by atoms with Crippen molar-refractivity contribution in [1.82, 2.24) is 24.0 Å². The predicted molar refractivity (Wildman–Crippen MR) is 111 cm³/mol. The van der Waals surface area contributed by atoms with Crippen LogP contribution in [0, 0.1) is 0 Å². The molecule has 156 valence electrons. The average Bonchev–Trinajstić information content (AvgIpc) is 2.80. The van der Waals surface area contributed by atoms with Crippen LogP contribution in [0.15, 0.2) is 40.1 Å². The van der Waals surface area contributed by atoms with Crippen molar-refractivity contribution in [2.45, 2.75) is 25.8 Å². The van der Waals surface area contributed by atoms with Crippen LogP contribution in [0.25, 0.3) is 22.4 Å². The molecule has 1 saturated heterocycles. The number of aryl methyl sites for hydroxylation is 1. The van der Waals surface area contributed by atoms with Crippen LogP contribution in [0.3, 0.4) is 0 Å². The van der Waals surface area contributed by atoms with E-state index in [9.17, 15) is 14.4 Å². The Kier molecular flexibility index (Phi) is 5.35. The maximum Gasteiger partial charge on any atom is 0.332 e. The molecule has 1 aromatic carbocycles. The van der Waals surface area contributed by atoms with Gasteiger partial charge in [-0.2, -0.15) is 0 Å². The van der Waals surface area contributed by atoms with Crippen LogP contribution < -0.4 is 16.0 Å². The summed E-state index contributed by atoms with van der Waals surface area (Å²) in [5.41, 5.74) is -0.168. The number of aromatic nitrogens is 4. The first-order valence-electron chi connectivity index (χ1n) is 9.88. The Morgan fingerprint density at radius 1 is 1.10 bits per heavy atom. The van der Waals surface area contributed by atoms with Gasteiger partial charge in [0.15, 0.2) is 11.5 Å². The van der Waals surface area contributed by atoms with E-state index in [0.29, 0.717) is 24.7 Å². The van der Waals surface area contributed by atoms with E-state index >= 15 is 0 Å². The maximum atomic E-state index is 12.9. The molecule has 1 aliphatic heterocycles. The molecule has 0 aliphatic carbocycles. The molecular formula is C21H23N5O4. The van der Waals surface area contributed by atoms with Crippen molar-refractivity contribution >= 4 is 16.9 Å². The number of fused-ring (bicyclic) bond motifs is 1. The van der Waals surface area contributed by atoms with Gasteiger partial charge in [0.05, 0.1) is 7.11 Å². The zero-order valence-electron chi connectivity index (χ0n) is 17.0. The molecule has 4 rings (SSSR count). The lowest BCUT2D eigenvalue weighted by Crippen LogP contribution is -2.45. The summed E-state index contributed by atoms with van der Waals surface area (Å²) in [6.07, 6.45) is 4.39. The Morgan fingerprint density at radius 3 is 2.47 bits per heavy atom. The summed E-state index contributed by atoms with van der Waals surface area (Å²) in [7, 11) is 3.12. The molecule has 3 aromatic rings. The Hall–Kier alpha value is -3.49. The largest absolute Gasteiger partial charge is 0.497 e. The van der Waals surface area contributed by atoms with Crippen LogP contribution in [-0.2, 0) is 18.4 Å². The minimum absolute atomic E-state index is 0.195. The first kappa shape index (κ1) is 19.8. The summed E-state index contributed by atoms with van der Waals surface area (Å²) in [4.78, 5) is 48.8. The van der Waals surface area contributed by atoms with E-state index in [0.717, 1.165) is 29.4 Å². The van der Waals surface area contributed by atoms with Gasteiger partial charge >= 0.3 is 5.69 Å². The van der Waals surface area contributed by atoms with Crippen LogP contribution in [-0.4, -0.2) is 50.1 Å². The van der Waals surface area contributed by atoms with Crippen molar-refractivity contribution in [1.29, 1.82) is 0 Å². The second kappa shape index (κ2) is 8.10. The van der Waals surface area contributed by atoms with Crippen LogP contribution in [0.2, 0.25) is 0 Å². The quantitative estimate of drug-likeness (QED) is 0.642. The average molecular weight is 409 g/mol. The highest BCUT2D eigenvalue weighted by Crippen LogP contribution is 2.20. The number of hydrogen-bond donors (Lipinski definition) is 0. The molecule has 1 amide bonds. The number of carbonyl (C=O) groups is 1. The third-order valence-electron chi connectivity index (χ3n) is 5.43. The summed E-state index contributed by atoms with van der Waals surface area (Å²) >= 11 is 0. The Labute approximate surface area is 172 Å². The normalized spacial score (nSPS) is 14.1. The van der Waals surface area contributed by atoms with Gasteiger partial charge in [-0.15, -0.1) is 0 Å². The van der Waals surface area contributed by atoms with E-state index in [1.54, 1.807) is 36.3 Å². The lowest BCUT2D eigenvalue weighted by Gasteiger charge is -2.26. The topological polar surface area (TPSA) is 99.3 Å². The Balaban J connectivity index is 1.73. The zero-order valence-corrected chi connectivity index (χ0v) is 17.0. The lowest BCUT2D eigenvalue weighted by molar-refractivity contribution is -0.132. The minimum Gasteiger partial charge on any atom is -0.497 e. The lowest BCUT2D eigenvalue weighted by atomic mass is 10.1. The number of likely N-dealkylation sites (tertiary alicyclic amines) is 1. The van der Waals surface area contributed by atoms with Crippen LogP contribution in [0.5, 0.6) is 5.75 Å². The van der Waals surface area contributed by atoms with Gasteiger partial charge in [0.1, 0.15) is 17.7 Å². The maximum absolute atomic E-state index is 12.9. The number of methoxy groups -OCH3 is 1. The van der Waals surface area contributed by atoms with Crippen molar-refractivity contribution < 1.29 is 9.53 Å². The van der Waals surface area contributed by atoms with Gasteiger partial charge in [-0.05, 0) is 43.5 Å². The standard InChI is InChI=1S/C21H23N5O4/c1-24-19-16(12-22-18(23-19)14-6-8-15(30-2)9-7-14)20(28)26(21(24)29)13-17(27)25-10-4-3-5-11-25/h6-9,12H,3-5,10-11,13H2,1-2H3. The smallest absolute Gasteiger partial charge is 0.332 e. The summed E-state index contributed by atoms with van der Waals surface area (Å²) < 4.78 is 7.41. The van der Waals surface area contributed by atoms with Gasteiger partial charge in [0.25, 0.3) is 5.56 Å². The summed E-state index contributed by atoms with van der Waals surface area (Å²) in [5.74, 6) is 0.874. The van der Waals surface area contributed by atoms with E-state index in [-0.39, 0.29) is 23.5 Å². The van der Waals surface area contributed by atoms with Gasteiger partial charge in [-0.1, -0.05) is 0 Å². The summed E-state index contributed by atoms with van der Waals surface area (Å²) in [6, 6.07) is 7.17. The minimum atomic E-state index is -0.572. The summed E-state index contributed by atoms with van der Waals surface area (Å²) in [6.45, 7) is 1.05. The third-order valence-corrected chi connectivity index (χ3v) is 5.43. The third kappa shape index (κ3) is 3.58. The molecule has 9 nitrogen and oxygen atoms in total. The van der Waals surface area contributed by atoms with E-state index in [1.807, 2.05) is 0 Å². The van der Waals surface area contributed by atoms with Crippen molar-refractivity contribution in [2.75, 3.05) is 20.2 Å². The molecule has 0 bridgehead atoms. The van der Waals surface area contributed by atoms with Crippen molar-refractivity contribution in [3.8, 4) is 17.1 Å². The molecule has 30 heavy (non-hydrogen) atoms. The number of carbonyl (C=O) groups excluding carboxylic acids is 1. The van der Waals surface area contributed by atoms with Crippen molar-refractivity contribution in [3.63, 3.8) is 0 Å². The molecule has 1 fully saturated rings. The molecule has 0 atom stereocenters. The van der Waals surface area contributed by atoms with Crippen molar-refractivity contribution in [3.05, 3.63) is 51.3 Å². The van der Waals surface area contributed by atoms with Gasteiger partial charge < -0.3 is 9.64 Å². The second-order valence-corrected chi connectivity index (χ2v) is 7.33. The number of amides is 1. The molecule has 3 heterocycles. The van der Waals surface area contributed by atoms with E-state index in [4.69, 9.17) is 4.74 Å². The molecule has 0 N–H and O–H groups in total. The van der Waals surface area contributed by atoms with Crippen molar-refractivity contribution in [2.24, 2.45) is 7.05 Å². The first-order chi connectivity index (χ1) is 14.5. The van der Waals surface area contributed by atoms with E-state index in [1.165, 1.54) is 17.8 Å². The van der Waals surface area contributed by atoms with Crippen LogP contribution in [0.4, 0.5) is 0 Å². The Morgan fingerprint density at radius 2 is 1.80 bits per heavy atom. The molecule has 9 heteroatoms.